The van der Waals surface area contributed by atoms with Gasteiger partial charge in [0.05, 0.1) is 15.9 Å². The molecule has 0 spiro atoms. The van der Waals surface area contributed by atoms with Crippen LogP contribution in [0.2, 0.25) is 0 Å². The van der Waals surface area contributed by atoms with Gasteiger partial charge in [-0.3, -0.25) is 20.2 Å². The van der Waals surface area contributed by atoms with Crippen molar-refractivity contribution in [3.05, 3.63) is 37.9 Å². The molecule has 1 rings (SSSR count). The SMILES string of the molecule is CCC(C)c1cc([N+](=O)[O-])cc([N+](=O)[O-])c1OC(=O)OCC(F)(F)C(F)(F)C(F)(F)C(F)(F)C(F)(F)C(F)(F)C(F)(F)F. The maximum absolute atomic E-state index is 13.9. The van der Waals surface area contributed by atoms with E-state index in [0.717, 1.165) is 0 Å². The normalized spacial score (nSPS) is 14.7. The van der Waals surface area contributed by atoms with E-state index in [-0.39, 0.29) is 12.5 Å². The summed E-state index contributed by atoms with van der Waals surface area (Å²) in [4.78, 5) is 31.6. The first-order valence-electron chi connectivity index (χ1n) is 10.6. The van der Waals surface area contributed by atoms with Crippen LogP contribution in [0, 0.1) is 20.2 Å². The van der Waals surface area contributed by atoms with Crippen LogP contribution >= 0.6 is 0 Å². The van der Waals surface area contributed by atoms with E-state index in [9.17, 15) is 90.9 Å². The zero-order chi connectivity index (χ0) is 34.4. The molecule has 0 radical (unpaired) electrons. The smallest absolute Gasteiger partial charge is 0.427 e. The Morgan fingerprint density at radius 1 is 0.767 bits per heavy atom. The molecule has 0 aliphatic carbocycles. The zero-order valence-electron chi connectivity index (χ0n) is 20.6. The first kappa shape index (κ1) is 37.3. The minimum Gasteiger partial charge on any atom is -0.427 e. The highest BCUT2D eigenvalue weighted by molar-refractivity contribution is 5.70. The molecule has 0 heterocycles. The lowest BCUT2D eigenvalue weighted by Gasteiger charge is -2.41. The molecule has 0 N–H and O–H groups in total. The van der Waals surface area contributed by atoms with Crippen molar-refractivity contribution in [1.29, 1.82) is 0 Å². The lowest BCUT2D eigenvalue weighted by Crippen LogP contribution is -2.73. The number of carbonyl (C=O) groups is 1. The molecule has 43 heavy (non-hydrogen) atoms. The van der Waals surface area contributed by atoms with Crippen LogP contribution < -0.4 is 4.74 Å². The fraction of sp³-hybridized carbons (Fsp3) is 0.632. The largest absolute Gasteiger partial charge is 0.514 e. The number of benzene rings is 1. The molecule has 24 heteroatoms. The number of alkyl halides is 15. The van der Waals surface area contributed by atoms with Crippen LogP contribution in [-0.2, 0) is 4.74 Å². The van der Waals surface area contributed by atoms with E-state index in [1.54, 1.807) is 0 Å². The number of hydrogen-bond acceptors (Lipinski definition) is 7. The van der Waals surface area contributed by atoms with Gasteiger partial charge in [-0.05, 0) is 12.3 Å². The summed E-state index contributed by atoms with van der Waals surface area (Å²) in [6.07, 6.45) is -10.6. The van der Waals surface area contributed by atoms with Crippen LogP contribution in [-0.4, -0.2) is 64.3 Å². The van der Waals surface area contributed by atoms with Crippen molar-refractivity contribution in [1.82, 2.24) is 0 Å². The lowest BCUT2D eigenvalue weighted by atomic mass is 9.91. The Labute approximate surface area is 226 Å². The summed E-state index contributed by atoms with van der Waals surface area (Å²) in [5, 5.41) is 22.3. The molecule has 0 aliphatic heterocycles. The molecule has 1 unspecified atom stereocenters. The zero-order valence-corrected chi connectivity index (χ0v) is 20.6. The van der Waals surface area contributed by atoms with Gasteiger partial charge in [-0.15, -0.1) is 0 Å². The van der Waals surface area contributed by atoms with Gasteiger partial charge in [0, 0.05) is 11.6 Å². The summed E-state index contributed by atoms with van der Waals surface area (Å²) in [5.41, 5.74) is -3.03. The van der Waals surface area contributed by atoms with Crippen molar-refractivity contribution in [3.8, 4) is 5.75 Å². The molecule has 1 aromatic rings. The van der Waals surface area contributed by atoms with Gasteiger partial charge in [0.15, 0.2) is 6.61 Å². The quantitative estimate of drug-likeness (QED) is 0.0731. The van der Waals surface area contributed by atoms with E-state index in [1.807, 2.05) is 0 Å². The van der Waals surface area contributed by atoms with Gasteiger partial charge in [-0.25, -0.2) is 4.79 Å². The average Bonchev–Trinajstić information content (AvgIpc) is 2.85. The Kier molecular flexibility index (Phi) is 9.87. The van der Waals surface area contributed by atoms with Crippen molar-refractivity contribution < 1.29 is 90.0 Å². The summed E-state index contributed by atoms with van der Waals surface area (Å²) in [6.45, 7) is -0.981. The van der Waals surface area contributed by atoms with Crippen LogP contribution in [0.4, 0.5) is 82.0 Å². The second kappa shape index (κ2) is 11.4. The van der Waals surface area contributed by atoms with E-state index in [4.69, 9.17) is 0 Å². The maximum Gasteiger partial charge on any atom is 0.514 e. The van der Waals surface area contributed by atoms with Crippen molar-refractivity contribution >= 4 is 17.5 Å². The number of non-ortho nitro benzene ring substituents is 1. The first-order valence-corrected chi connectivity index (χ1v) is 10.6. The highest BCUT2D eigenvalue weighted by atomic mass is 19.4. The number of nitro benzene ring substituents is 2. The van der Waals surface area contributed by atoms with Crippen molar-refractivity contribution in [2.75, 3.05) is 6.61 Å². The molecule has 9 nitrogen and oxygen atoms in total. The summed E-state index contributed by atoms with van der Waals surface area (Å²) in [7, 11) is 0. The monoisotopic (exact) mass is 666 g/mol. The molecule has 0 saturated heterocycles. The van der Waals surface area contributed by atoms with E-state index in [0.29, 0.717) is 6.07 Å². The predicted molar refractivity (Wildman–Crippen MR) is 106 cm³/mol. The number of nitro groups is 2. The topological polar surface area (TPSA) is 122 Å². The van der Waals surface area contributed by atoms with Crippen LogP contribution in [0.15, 0.2) is 12.1 Å². The highest BCUT2D eigenvalue weighted by Gasteiger charge is 2.93. The first-order chi connectivity index (χ1) is 19.0. The molecule has 0 aromatic heterocycles. The van der Waals surface area contributed by atoms with Crippen LogP contribution in [0.1, 0.15) is 31.7 Å². The number of ether oxygens (including phenoxy) is 2. The van der Waals surface area contributed by atoms with Gasteiger partial charge in [-0.1, -0.05) is 13.8 Å². The second-order valence-electron chi connectivity index (χ2n) is 8.42. The summed E-state index contributed by atoms with van der Waals surface area (Å²) >= 11 is 0. The third-order valence-corrected chi connectivity index (χ3v) is 5.58. The van der Waals surface area contributed by atoms with Gasteiger partial charge in [0.1, 0.15) is 0 Å². The fourth-order valence-electron chi connectivity index (χ4n) is 2.91. The third-order valence-electron chi connectivity index (χ3n) is 5.58. The average molecular weight is 666 g/mol. The minimum atomic E-state index is -8.56. The molecule has 0 saturated carbocycles. The molecule has 0 fully saturated rings. The van der Waals surface area contributed by atoms with E-state index < -0.39 is 92.9 Å². The lowest BCUT2D eigenvalue weighted by molar-refractivity contribution is -0.453. The Bertz CT molecular complexity index is 1250. The molecule has 0 bridgehead atoms. The predicted octanol–water partition coefficient (Wildman–Crippen LogP) is 7.91. The van der Waals surface area contributed by atoms with Gasteiger partial charge in [-0.2, -0.15) is 65.9 Å². The molecular weight excluding hydrogens is 653 g/mol. The Morgan fingerprint density at radius 2 is 1.21 bits per heavy atom. The summed E-state index contributed by atoms with van der Waals surface area (Å²) in [6, 6.07) is 0.711. The molecule has 0 aliphatic rings. The molecule has 246 valence electrons. The van der Waals surface area contributed by atoms with Gasteiger partial charge < -0.3 is 9.47 Å². The highest BCUT2D eigenvalue weighted by Crippen LogP contribution is 2.62. The summed E-state index contributed by atoms with van der Waals surface area (Å²) in [5.74, 6) is -50.9. The van der Waals surface area contributed by atoms with Gasteiger partial charge in [0.2, 0.25) is 5.75 Å². The van der Waals surface area contributed by atoms with E-state index in [2.05, 4.69) is 9.47 Å². The number of halogens is 15. The molecule has 1 atom stereocenters. The standard InChI is InChI=1S/C19H13F15N2O7/c1-3-7(2)9-4-8(35(38)39)5-10(36(40)41)11(9)43-12(37)42-6-13(20,21)14(22,23)15(24,25)16(26,27)17(28,29)18(30,31)19(32,33)34/h4-5,7H,3,6H2,1-2H3. The number of rotatable bonds is 12. The minimum absolute atomic E-state index is 0.0324. The van der Waals surface area contributed by atoms with Crippen LogP contribution in [0.3, 0.4) is 0 Å². The van der Waals surface area contributed by atoms with Crippen molar-refractivity contribution in [2.45, 2.75) is 67.9 Å². The van der Waals surface area contributed by atoms with Crippen LogP contribution in [0.25, 0.3) is 0 Å². The number of carbonyl (C=O) groups excluding carboxylic acids is 1. The third kappa shape index (κ3) is 6.17. The van der Waals surface area contributed by atoms with E-state index >= 15 is 0 Å². The van der Waals surface area contributed by atoms with E-state index in [1.165, 1.54) is 13.8 Å². The summed E-state index contributed by atoms with van der Waals surface area (Å²) < 4.78 is 206. The van der Waals surface area contributed by atoms with Crippen molar-refractivity contribution in [3.63, 3.8) is 0 Å². The van der Waals surface area contributed by atoms with Crippen molar-refractivity contribution in [2.24, 2.45) is 0 Å². The second-order valence-corrected chi connectivity index (χ2v) is 8.42. The maximum atomic E-state index is 13.9. The van der Waals surface area contributed by atoms with Gasteiger partial charge in [0.25, 0.3) is 5.69 Å². The fourth-order valence-corrected chi connectivity index (χ4v) is 2.91. The Morgan fingerprint density at radius 3 is 1.60 bits per heavy atom. The molecule has 0 amide bonds. The molecule has 1 aromatic carbocycles. The number of nitrogens with zero attached hydrogens (tertiary/aromatic N) is 2. The Hall–Kier alpha value is -3.76. The van der Waals surface area contributed by atoms with Gasteiger partial charge >= 0.3 is 53.6 Å². The Balaban J connectivity index is 3.45. The van der Waals surface area contributed by atoms with Crippen LogP contribution in [0.5, 0.6) is 5.75 Å². The number of hydrogen-bond donors (Lipinski definition) is 0. The molecular formula is C19H13F15N2O7.